The highest BCUT2D eigenvalue weighted by Crippen LogP contribution is 2.29. The zero-order valence-electron chi connectivity index (χ0n) is 15.5. The zero-order valence-corrected chi connectivity index (χ0v) is 15.5. The highest BCUT2D eigenvalue weighted by atomic mass is 16.6. The number of benzene rings is 2. The SMILES string of the molecule is CCc1ccc([C@@H](C)NC(=O)C(C)(C)Oc2ccccc2[N+](=O)[O-])cc1. The summed E-state index contributed by atoms with van der Waals surface area (Å²) in [5.74, 6) is -0.277. The number of amides is 1. The molecule has 0 aliphatic carbocycles. The smallest absolute Gasteiger partial charge is 0.310 e. The molecule has 0 fully saturated rings. The third-order valence-electron chi connectivity index (χ3n) is 4.21. The molecule has 0 aromatic heterocycles. The molecule has 1 N–H and O–H groups in total. The number of carbonyl (C=O) groups excluding carboxylic acids is 1. The van der Waals surface area contributed by atoms with Crippen molar-refractivity contribution >= 4 is 11.6 Å². The summed E-state index contributed by atoms with van der Waals surface area (Å²) in [6.07, 6.45) is 0.956. The van der Waals surface area contributed by atoms with Crippen LogP contribution in [0, 0.1) is 10.1 Å². The molecule has 0 bridgehead atoms. The number of nitrogens with zero attached hydrogens (tertiary/aromatic N) is 1. The molecule has 1 amide bonds. The fourth-order valence-corrected chi connectivity index (χ4v) is 2.51. The number of para-hydroxylation sites is 2. The van der Waals surface area contributed by atoms with E-state index in [0.717, 1.165) is 12.0 Å². The molecular weight excluding hydrogens is 332 g/mol. The van der Waals surface area contributed by atoms with Crippen LogP contribution < -0.4 is 10.1 Å². The Labute approximate surface area is 153 Å². The van der Waals surface area contributed by atoms with Crippen LogP contribution in [-0.2, 0) is 11.2 Å². The van der Waals surface area contributed by atoms with E-state index in [-0.39, 0.29) is 23.4 Å². The molecule has 0 aliphatic heterocycles. The second-order valence-corrected chi connectivity index (χ2v) is 6.63. The minimum absolute atomic E-state index is 0.0672. The normalized spacial score (nSPS) is 12.3. The van der Waals surface area contributed by atoms with Crippen molar-refractivity contribution in [3.63, 3.8) is 0 Å². The van der Waals surface area contributed by atoms with Gasteiger partial charge in [0.15, 0.2) is 11.4 Å². The largest absolute Gasteiger partial charge is 0.471 e. The predicted molar refractivity (Wildman–Crippen MR) is 100 cm³/mol. The Balaban J connectivity index is 2.10. The van der Waals surface area contributed by atoms with Gasteiger partial charge in [-0.1, -0.05) is 43.3 Å². The maximum absolute atomic E-state index is 12.7. The number of ether oxygens (including phenoxy) is 1. The molecule has 0 saturated carbocycles. The second kappa shape index (κ2) is 7.99. The van der Waals surface area contributed by atoms with Crippen LogP contribution in [0.4, 0.5) is 5.69 Å². The van der Waals surface area contributed by atoms with Crippen LogP contribution in [-0.4, -0.2) is 16.4 Å². The number of hydrogen-bond donors (Lipinski definition) is 1. The maximum atomic E-state index is 12.7. The van der Waals surface area contributed by atoms with Crippen LogP contribution in [0.15, 0.2) is 48.5 Å². The summed E-state index contributed by atoms with van der Waals surface area (Å²) < 4.78 is 5.68. The number of aryl methyl sites for hydroxylation is 1. The van der Waals surface area contributed by atoms with Crippen molar-refractivity contribution in [1.29, 1.82) is 0 Å². The van der Waals surface area contributed by atoms with Crippen LogP contribution >= 0.6 is 0 Å². The fourth-order valence-electron chi connectivity index (χ4n) is 2.51. The Morgan fingerprint density at radius 1 is 1.19 bits per heavy atom. The minimum atomic E-state index is -1.26. The molecule has 0 aliphatic rings. The van der Waals surface area contributed by atoms with Gasteiger partial charge in [-0.15, -0.1) is 0 Å². The van der Waals surface area contributed by atoms with Crippen molar-refractivity contribution in [2.24, 2.45) is 0 Å². The van der Waals surface area contributed by atoms with E-state index in [0.29, 0.717) is 0 Å². The average molecular weight is 356 g/mol. The molecule has 2 aromatic rings. The molecule has 138 valence electrons. The van der Waals surface area contributed by atoms with E-state index in [9.17, 15) is 14.9 Å². The first-order chi connectivity index (χ1) is 12.2. The van der Waals surface area contributed by atoms with Crippen LogP contribution in [0.25, 0.3) is 0 Å². The highest BCUT2D eigenvalue weighted by Gasteiger charge is 2.33. The minimum Gasteiger partial charge on any atom is -0.471 e. The standard InChI is InChI=1S/C20H24N2O4/c1-5-15-10-12-16(13-11-15)14(2)21-19(23)20(3,4)26-18-9-7-6-8-17(18)22(24)25/h6-14H,5H2,1-4H3,(H,21,23)/t14-/m1/s1. The van der Waals surface area contributed by atoms with Gasteiger partial charge in [0.05, 0.1) is 11.0 Å². The first kappa shape index (κ1) is 19.4. The third-order valence-corrected chi connectivity index (χ3v) is 4.21. The number of nitrogens with one attached hydrogen (secondary N) is 1. The summed E-state index contributed by atoms with van der Waals surface area (Å²) in [6, 6.07) is 13.9. The van der Waals surface area contributed by atoms with Gasteiger partial charge in [0, 0.05) is 6.07 Å². The fraction of sp³-hybridized carbons (Fsp3) is 0.350. The first-order valence-electron chi connectivity index (χ1n) is 8.57. The maximum Gasteiger partial charge on any atom is 0.310 e. The Morgan fingerprint density at radius 3 is 2.38 bits per heavy atom. The van der Waals surface area contributed by atoms with Gasteiger partial charge >= 0.3 is 5.69 Å². The van der Waals surface area contributed by atoms with Crippen molar-refractivity contribution < 1.29 is 14.5 Å². The number of nitro groups is 1. The molecule has 6 nitrogen and oxygen atoms in total. The lowest BCUT2D eigenvalue weighted by Gasteiger charge is -2.27. The van der Waals surface area contributed by atoms with Crippen molar-refractivity contribution in [2.45, 2.75) is 45.8 Å². The molecule has 0 heterocycles. The van der Waals surface area contributed by atoms with Crippen molar-refractivity contribution in [2.75, 3.05) is 0 Å². The quantitative estimate of drug-likeness (QED) is 0.596. The van der Waals surface area contributed by atoms with Gasteiger partial charge < -0.3 is 10.1 Å². The Hall–Kier alpha value is -2.89. The summed E-state index contributed by atoms with van der Waals surface area (Å²) in [6.45, 7) is 7.15. The molecule has 1 atom stereocenters. The number of nitro benzene ring substituents is 1. The van der Waals surface area contributed by atoms with Crippen molar-refractivity contribution in [3.05, 3.63) is 69.8 Å². The molecular formula is C20H24N2O4. The predicted octanol–water partition coefficient (Wildman–Crippen LogP) is 4.19. The van der Waals surface area contributed by atoms with Gasteiger partial charge in [-0.2, -0.15) is 0 Å². The molecule has 0 spiro atoms. The molecule has 0 radical (unpaired) electrons. The summed E-state index contributed by atoms with van der Waals surface area (Å²) in [5.41, 5.74) is 0.782. The van der Waals surface area contributed by atoms with Gasteiger partial charge in [-0.25, -0.2) is 0 Å². The van der Waals surface area contributed by atoms with E-state index in [1.807, 2.05) is 31.2 Å². The molecule has 0 saturated heterocycles. The second-order valence-electron chi connectivity index (χ2n) is 6.63. The monoisotopic (exact) mass is 356 g/mol. The van der Waals surface area contributed by atoms with E-state index in [1.54, 1.807) is 26.0 Å². The van der Waals surface area contributed by atoms with Crippen LogP contribution in [0.5, 0.6) is 5.75 Å². The van der Waals surface area contributed by atoms with Crippen molar-refractivity contribution in [3.8, 4) is 5.75 Å². The van der Waals surface area contributed by atoms with E-state index in [2.05, 4.69) is 12.2 Å². The number of hydrogen-bond acceptors (Lipinski definition) is 4. The molecule has 0 unspecified atom stereocenters. The molecule has 2 aromatic carbocycles. The molecule has 6 heteroatoms. The highest BCUT2D eigenvalue weighted by molar-refractivity contribution is 5.85. The number of rotatable bonds is 7. The van der Waals surface area contributed by atoms with E-state index < -0.39 is 10.5 Å². The van der Waals surface area contributed by atoms with Gasteiger partial charge in [0.25, 0.3) is 5.91 Å². The van der Waals surface area contributed by atoms with E-state index in [4.69, 9.17) is 4.74 Å². The van der Waals surface area contributed by atoms with Crippen LogP contribution in [0.1, 0.15) is 44.9 Å². The topological polar surface area (TPSA) is 81.5 Å². The van der Waals surface area contributed by atoms with Gasteiger partial charge in [-0.3, -0.25) is 14.9 Å². The number of carbonyl (C=O) groups is 1. The lowest BCUT2D eigenvalue weighted by molar-refractivity contribution is -0.386. The molecule has 26 heavy (non-hydrogen) atoms. The summed E-state index contributed by atoms with van der Waals surface area (Å²) >= 11 is 0. The Morgan fingerprint density at radius 2 is 1.81 bits per heavy atom. The van der Waals surface area contributed by atoms with E-state index >= 15 is 0 Å². The lowest BCUT2D eigenvalue weighted by atomic mass is 10.0. The van der Waals surface area contributed by atoms with E-state index in [1.165, 1.54) is 17.7 Å². The average Bonchev–Trinajstić information content (AvgIpc) is 2.61. The zero-order chi connectivity index (χ0) is 19.3. The van der Waals surface area contributed by atoms with Crippen LogP contribution in [0.3, 0.4) is 0 Å². The Bertz CT molecular complexity index is 785. The molecule has 2 rings (SSSR count). The van der Waals surface area contributed by atoms with Gasteiger partial charge in [0.1, 0.15) is 0 Å². The summed E-state index contributed by atoms with van der Waals surface area (Å²) in [7, 11) is 0. The first-order valence-corrected chi connectivity index (χ1v) is 8.57. The lowest BCUT2D eigenvalue weighted by Crippen LogP contribution is -2.47. The third kappa shape index (κ3) is 4.59. The summed E-state index contributed by atoms with van der Waals surface area (Å²) in [5, 5.41) is 14.0. The Kier molecular flexibility index (Phi) is 5.97. The van der Waals surface area contributed by atoms with Gasteiger partial charge in [0.2, 0.25) is 0 Å². The van der Waals surface area contributed by atoms with Crippen LogP contribution in [0.2, 0.25) is 0 Å². The summed E-state index contributed by atoms with van der Waals surface area (Å²) in [4.78, 5) is 23.2. The van der Waals surface area contributed by atoms with Gasteiger partial charge in [-0.05, 0) is 44.4 Å². The van der Waals surface area contributed by atoms with Crippen molar-refractivity contribution in [1.82, 2.24) is 5.32 Å².